The van der Waals surface area contributed by atoms with Gasteiger partial charge in [-0.05, 0) is 43.5 Å². The molecule has 146 valence electrons. The Labute approximate surface area is 165 Å². The van der Waals surface area contributed by atoms with E-state index in [-0.39, 0.29) is 0 Å². The molecule has 0 atom stereocenters. The molecule has 1 fully saturated rings. The third-order valence-corrected chi connectivity index (χ3v) is 5.06. The van der Waals surface area contributed by atoms with Gasteiger partial charge < -0.3 is 9.26 Å². The molecule has 1 aliphatic rings. The van der Waals surface area contributed by atoms with Gasteiger partial charge in [-0.3, -0.25) is 9.88 Å². The van der Waals surface area contributed by atoms with Crippen LogP contribution in [-0.4, -0.2) is 45.8 Å². The van der Waals surface area contributed by atoms with Crippen LogP contribution < -0.4 is 0 Å². The fourth-order valence-electron chi connectivity index (χ4n) is 3.43. The van der Waals surface area contributed by atoms with Crippen LogP contribution in [-0.2, 0) is 17.7 Å². The summed E-state index contributed by atoms with van der Waals surface area (Å²) in [6.45, 7) is 5.69. The molecule has 1 saturated heterocycles. The minimum Gasteiger partial charge on any atom is -0.378 e. The summed E-state index contributed by atoms with van der Waals surface area (Å²) in [5, 5.41) is 4.06. The van der Waals surface area contributed by atoms with E-state index in [1.165, 1.54) is 5.56 Å². The Hall–Kier alpha value is -2.57. The van der Waals surface area contributed by atoms with E-state index in [4.69, 9.17) is 9.26 Å². The van der Waals surface area contributed by atoms with Gasteiger partial charge in [0.05, 0.1) is 18.4 Å². The predicted octanol–water partition coefficient (Wildman–Crippen LogP) is 3.66. The number of hydrogen-bond donors (Lipinski definition) is 0. The van der Waals surface area contributed by atoms with Crippen molar-refractivity contribution in [1.82, 2.24) is 20.0 Å². The van der Waals surface area contributed by atoms with Gasteiger partial charge in [-0.25, -0.2) is 0 Å². The highest BCUT2D eigenvalue weighted by Gasteiger charge is 2.20. The second kappa shape index (κ2) is 9.08. The number of ether oxygens (including phenoxy) is 1. The zero-order chi connectivity index (χ0) is 19.2. The van der Waals surface area contributed by atoms with Crippen LogP contribution in [0.25, 0.3) is 11.5 Å². The third kappa shape index (κ3) is 5.03. The fourth-order valence-corrected chi connectivity index (χ4v) is 3.43. The predicted molar refractivity (Wildman–Crippen MR) is 107 cm³/mol. The van der Waals surface area contributed by atoms with Gasteiger partial charge in [0.25, 0.3) is 5.89 Å². The van der Waals surface area contributed by atoms with Crippen molar-refractivity contribution in [1.29, 1.82) is 0 Å². The van der Waals surface area contributed by atoms with Crippen molar-refractivity contribution in [3.63, 3.8) is 0 Å². The van der Waals surface area contributed by atoms with Crippen LogP contribution in [0, 0.1) is 6.92 Å². The summed E-state index contributed by atoms with van der Waals surface area (Å²) in [4.78, 5) is 11.4. The molecule has 4 rings (SSSR count). The summed E-state index contributed by atoms with van der Waals surface area (Å²) >= 11 is 0. The number of nitrogens with zero attached hydrogens (tertiary/aromatic N) is 4. The van der Waals surface area contributed by atoms with E-state index in [1.807, 2.05) is 36.5 Å². The standard InChI is InChI=1S/C22H26N4O2/c1-17-7-8-19(23-15-17)16-26-12-9-20(10-13-26)27-14-11-21-24-22(28-25-21)18-5-3-2-4-6-18/h2-8,15,20H,9-14,16H2,1H3. The minimum atomic E-state index is 0.308. The first-order valence-electron chi connectivity index (χ1n) is 9.90. The molecule has 0 aliphatic carbocycles. The molecule has 0 amide bonds. The van der Waals surface area contributed by atoms with Gasteiger partial charge in [0.2, 0.25) is 0 Å². The van der Waals surface area contributed by atoms with Crippen LogP contribution in [0.15, 0.2) is 53.2 Å². The molecule has 1 aromatic carbocycles. The van der Waals surface area contributed by atoms with Crippen molar-refractivity contribution in [3.05, 3.63) is 65.7 Å². The molecule has 28 heavy (non-hydrogen) atoms. The lowest BCUT2D eigenvalue weighted by Crippen LogP contribution is -2.37. The maximum absolute atomic E-state index is 6.05. The van der Waals surface area contributed by atoms with Crippen LogP contribution in [0.5, 0.6) is 0 Å². The van der Waals surface area contributed by atoms with Crippen molar-refractivity contribution in [2.45, 2.75) is 38.8 Å². The largest absolute Gasteiger partial charge is 0.378 e. The summed E-state index contributed by atoms with van der Waals surface area (Å²) < 4.78 is 11.4. The lowest BCUT2D eigenvalue weighted by Gasteiger charge is -2.31. The van der Waals surface area contributed by atoms with Crippen LogP contribution >= 0.6 is 0 Å². The van der Waals surface area contributed by atoms with E-state index in [9.17, 15) is 0 Å². The Balaban J connectivity index is 1.18. The molecule has 0 spiro atoms. The first-order valence-corrected chi connectivity index (χ1v) is 9.90. The number of aromatic nitrogens is 3. The number of aryl methyl sites for hydroxylation is 1. The van der Waals surface area contributed by atoms with Crippen molar-refractivity contribution in [2.75, 3.05) is 19.7 Å². The summed E-state index contributed by atoms with van der Waals surface area (Å²) in [5.41, 5.74) is 3.28. The Morgan fingerprint density at radius 1 is 1.11 bits per heavy atom. The molecule has 1 aliphatic heterocycles. The molecular weight excluding hydrogens is 352 g/mol. The SMILES string of the molecule is Cc1ccc(CN2CCC(OCCc3noc(-c4ccccc4)n3)CC2)nc1. The number of piperidine rings is 1. The Kier molecular flexibility index (Phi) is 6.09. The maximum atomic E-state index is 6.05. The number of likely N-dealkylation sites (tertiary alicyclic amines) is 1. The zero-order valence-corrected chi connectivity index (χ0v) is 16.3. The van der Waals surface area contributed by atoms with E-state index < -0.39 is 0 Å². The van der Waals surface area contributed by atoms with Crippen LogP contribution in [0.2, 0.25) is 0 Å². The van der Waals surface area contributed by atoms with Gasteiger partial charge in [0, 0.05) is 37.8 Å². The van der Waals surface area contributed by atoms with Crippen LogP contribution in [0.4, 0.5) is 0 Å². The van der Waals surface area contributed by atoms with E-state index in [0.717, 1.165) is 43.7 Å². The topological polar surface area (TPSA) is 64.3 Å². The van der Waals surface area contributed by atoms with Crippen LogP contribution in [0.3, 0.4) is 0 Å². The minimum absolute atomic E-state index is 0.308. The highest BCUT2D eigenvalue weighted by atomic mass is 16.5. The highest BCUT2D eigenvalue weighted by Crippen LogP contribution is 2.18. The molecular formula is C22H26N4O2. The summed E-state index contributed by atoms with van der Waals surface area (Å²) in [6, 6.07) is 14.1. The number of pyridine rings is 1. The average molecular weight is 378 g/mol. The summed E-state index contributed by atoms with van der Waals surface area (Å²) in [7, 11) is 0. The van der Waals surface area contributed by atoms with Gasteiger partial charge in [0.15, 0.2) is 5.82 Å². The Morgan fingerprint density at radius 3 is 2.68 bits per heavy atom. The lowest BCUT2D eigenvalue weighted by atomic mass is 10.1. The monoisotopic (exact) mass is 378 g/mol. The molecule has 2 aromatic heterocycles. The van der Waals surface area contributed by atoms with Crippen LogP contribution in [0.1, 0.15) is 29.9 Å². The second-order valence-electron chi connectivity index (χ2n) is 7.30. The van der Waals surface area contributed by atoms with Crippen molar-refractivity contribution in [2.24, 2.45) is 0 Å². The number of rotatable bonds is 7. The summed E-state index contributed by atoms with van der Waals surface area (Å²) in [5.74, 6) is 1.26. The second-order valence-corrected chi connectivity index (χ2v) is 7.30. The average Bonchev–Trinajstić information content (AvgIpc) is 3.21. The van der Waals surface area contributed by atoms with Gasteiger partial charge in [-0.1, -0.05) is 29.4 Å². The Morgan fingerprint density at radius 2 is 1.93 bits per heavy atom. The molecule has 6 heteroatoms. The smallest absolute Gasteiger partial charge is 0.257 e. The number of hydrogen-bond acceptors (Lipinski definition) is 6. The molecule has 0 N–H and O–H groups in total. The van der Waals surface area contributed by atoms with E-state index in [0.29, 0.717) is 30.8 Å². The maximum Gasteiger partial charge on any atom is 0.257 e. The molecule has 0 bridgehead atoms. The van der Waals surface area contributed by atoms with Gasteiger partial charge in [-0.15, -0.1) is 0 Å². The van der Waals surface area contributed by atoms with Crippen molar-refractivity contribution in [3.8, 4) is 11.5 Å². The quantitative estimate of drug-likeness (QED) is 0.625. The third-order valence-electron chi connectivity index (χ3n) is 5.06. The van der Waals surface area contributed by atoms with E-state index >= 15 is 0 Å². The van der Waals surface area contributed by atoms with Crippen molar-refractivity contribution < 1.29 is 9.26 Å². The molecule has 3 heterocycles. The van der Waals surface area contributed by atoms with E-state index in [2.05, 4.69) is 39.1 Å². The molecule has 6 nitrogen and oxygen atoms in total. The Bertz CT molecular complexity index is 856. The molecule has 0 unspecified atom stereocenters. The first-order chi connectivity index (χ1) is 13.8. The van der Waals surface area contributed by atoms with Gasteiger partial charge in [0.1, 0.15) is 0 Å². The van der Waals surface area contributed by atoms with Gasteiger partial charge >= 0.3 is 0 Å². The molecule has 3 aromatic rings. The molecule has 0 radical (unpaired) electrons. The van der Waals surface area contributed by atoms with Crippen molar-refractivity contribution >= 4 is 0 Å². The summed E-state index contributed by atoms with van der Waals surface area (Å²) in [6.07, 6.45) is 5.01. The first kappa shape index (κ1) is 18.8. The highest BCUT2D eigenvalue weighted by molar-refractivity contribution is 5.51. The normalized spacial score (nSPS) is 15.8. The fraction of sp³-hybridized carbons (Fsp3) is 0.409. The molecule has 0 saturated carbocycles. The van der Waals surface area contributed by atoms with Gasteiger partial charge in [-0.2, -0.15) is 4.98 Å². The van der Waals surface area contributed by atoms with E-state index in [1.54, 1.807) is 0 Å². The number of benzene rings is 1. The lowest BCUT2D eigenvalue weighted by molar-refractivity contribution is 0.00653. The zero-order valence-electron chi connectivity index (χ0n) is 16.3.